The predicted octanol–water partition coefficient (Wildman–Crippen LogP) is 2.54. The van der Waals surface area contributed by atoms with Crippen LogP contribution in [0.25, 0.3) is 0 Å². The number of nitro benzene ring substituents is 1. The molecule has 8 heteroatoms. The van der Waals surface area contributed by atoms with Crippen LogP contribution in [0.2, 0.25) is 0 Å². The summed E-state index contributed by atoms with van der Waals surface area (Å²) < 4.78 is 27.4. The Morgan fingerprint density at radius 1 is 1.08 bits per heavy atom. The van der Waals surface area contributed by atoms with Gasteiger partial charge in [0.15, 0.2) is 0 Å². The van der Waals surface area contributed by atoms with E-state index in [4.69, 9.17) is 0 Å². The lowest BCUT2D eigenvalue weighted by Gasteiger charge is -2.40. The zero-order valence-electron chi connectivity index (χ0n) is 14.6. The Morgan fingerprint density at radius 2 is 1.72 bits per heavy atom. The van der Waals surface area contributed by atoms with Gasteiger partial charge in [-0.3, -0.25) is 15.0 Å². The van der Waals surface area contributed by atoms with Crippen molar-refractivity contribution in [3.63, 3.8) is 0 Å². The van der Waals surface area contributed by atoms with E-state index in [1.807, 2.05) is 0 Å². The minimum atomic E-state index is -3.70. The molecule has 0 spiro atoms. The first kappa shape index (κ1) is 18.3. The van der Waals surface area contributed by atoms with Gasteiger partial charge < -0.3 is 0 Å². The number of benzene rings is 1. The van der Waals surface area contributed by atoms with Crippen LogP contribution in [0, 0.1) is 17.0 Å². The molecular weight excluding hydrogens is 342 g/mol. The number of sulfonamides is 1. The van der Waals surface area contributed by atoms with Crippen molar-refractivity contribution >= 4 is 15.7 Å². The summed E-state index contributed by atoms with van der Waals surface area (Å²) in [5, 5.41) is 11.0. The van der Waals surface area contributed by atoms with Crippen molar-refractivity contribution in [2.45, 2.75) is 50.0 Å². The molecule has 138 valence electrons. The molecule has 1 heterocycles. The van der Waals surface area contributed by atoms with Gasteiger partial charge in [0.05, 0.1) is 9.82 Å². The highest BCUT2D eigenvalue weighted by atomic mass is 32.2. The van der Waals surface area contributed by atoms with Gasteiger partial charge in [-0.2, -0.15) is 4.31 Å². The molecule has 1 aromatic rings. The molecule has 25 heavy (non-hydrogen) atoms. The predicted molar refractivity (Wildman–Crippen MR) is 95.0 cm³/mol. The maximum absolute atomic E-state index is 13.0. The summed E-state index contributed by atoms with van der Waals surface area (Å²) >= 11 is 0. The summed E-state index contributed by atoms with van der Waals surface area (Å²) in [5.74, 6) is 0. The molecule has 3 rings (SSSR count). The van der Waals surface area contributed by atoms with Crippen LogP contribution in [0.15, 0.2) is 23.1 Å². The summed E-state index contributed by atoms with van der Waals surface area (Å²) in [6.45, 7) is 4.03. The maximum atomic E-state index is 13.0. The van der Waals surface area contributed by atoms with Gasteiger partial charge in [-0.25, -0.2) is 8.42 Å². The molecular formula is C17H25N3O4S. The number of aryl methyl sites for hydroxylation is 1. The van der Waals surface area contributed by atoms with Gasteiger partial charge in [0.25, 0.3) is 5.69 Å². The number of hydrogen-bond acceptors (Lipinski definition) is 5. The van der Waals surface area contributed by atoms with Crippen LogP contribution in [0.3, 0.4) is 0 Å². The Hall–Kier alpha value is -1.51. The molecule has 0 atom stereocenters. The highest BCUT2D eigenvalue weighted by Crippen LogP contribution is 2.27. The molecule has 1 saturated heterocycles. The Kier molecular flexibility index (Phi) is 5.41. The fourth-order valence-electron chi connectivity index (χ4n) is 3.87. The van der Waals surface area contributed by atoms with Gasteiger partial charge in [0.1, 0.15) is 0 Å². The molecule has 1 aromatic carbocycles. The molecule has 0 aromatic heterocycles. The molecule has 0 N–H and O–H groups in total. The van der Waals surface area contributed by atoms with Crippen LogP contribution in [0.1, 0.15) is 37.7 Å². The van der Waals surface area contributed by atoms with E-state index < -0.39 is 14.9 Å². The monoisotopic (exact) mass is 367 g/mol. The van der Waals surface area contributed by atoms with E-state index in [-0.39, 0.29) is 10.6 Å². The molecule has 1 saturated carbocycles. The molecule has 1 aliphatic carbocycles. The standard InChI is InChI=1S/C17H25N3O4S/c1-14-7-8-16(20(21)22)13-17(14)25(23,24)19-11-9-18(10-12-19)15-5-3-2-4-6-15/h7-8,13,15H,2-6,9-12H2,1H3. The summed E-state index contributed by atoms with van der Waals surface area (Å²) in [4.78, 5) is 12.9. The van der Waals surface area contributed by atoms with Crippen molar-refractivity contribution in [2.24, 2.45) is 0 Å². The van der Waals surface area contributed by atoms with Gasteiger partial charge in [0, 0.05) is 44.4 Å². The quantitative estimate of drug-likeness (QED) is 0.603. The van der Waals surface area contributed by atoms with Gasteiger partial charge in [-0.1, -0.05) is 25.3 Å². The largest absolute Gasteiger partial charge is 0.298 e. The highest BCUT2D eigenvalue weighted by molar-refractivity contribution is 7.89. The second-order valence-electron chi connectivity index (χ2n) is 6.94. The second-order valence-corrected chi connectivity index (χ2v) is 8.85. The molecule has 1 aliphatic heterocycles. The second kappa shape index (κ2) is 7.39. The Morgan fingerprint density at radius 3 is 2.32 bits per heavy atom. The zero-order chi connectivity index (χ0) is 18.0. The van der Waals surface area contributed by atoms with Crippen LogP contribution >= 0.6 is 0 Å². The molecule has 2 aliphatic rings. The lowest BCUT2D eigenvalue weighted by Crippen LogP contribution is -2.52. The van der Waals surface area contributed by atoms with E-state index in [1.54, 1.807) is 6.92 Å². The number of nitrogens with zero attached hydrogens (tertiary/aromatic N) is 3. The van der Waals surface area contributed by atoms with Crippen LogP contribution < -0.4 is 0 Å². The van der Waals surface area contributed by atoms with Crippen molar-refractivity contribution < 1.29 is 13.3 Å². The summed E-state index contributed by atoms with van der Waals surface area (Å²) in [5.41, 5.74) is 0.352. The third kappa shape index (κ3) is 3.86. The number of rotatable bonds is 4. The van der Waals surface area contributed by atoms with Crippen LogP contribution in [-0.4, -0.2) is 54.8 Å². The van der Waals surface area contributed by atoms with Gasteiger partial charge in [-0.15, -0.1) is 0 Å². The summed E-state index contributed by atoms with van der Waals surface area (Å²) in [7, 11) is -3.70. The minimum Gasteiger partial charge on any atom is -0.298 e. The summed E-state index contributed by atoms with van der Waals surface area (Å²) in [6, 6.07) is 4.61. The fraction of sp³-hybridized carbons (Fsp3) is 0.647. The molecule has 0 unspecified atom stereocenters. The Balaban J connectivity index is 1.73. The van der Waals surface area contributed by atoms with Crippen molar-refractivity contribution in [1.82, 2.24) is 9.21 Å². The number of hydrogen-bond donors (Lipinski definition) is 0. The maximum Gasteiger partial charge on any atom is 0.270 e. The van der Waals surface area contributed by atoms with E-state index in [9.17, 15) is 18.5 Å². The summed E-state index contributed by atoms with van der Waals surface area (Å²) in [6.07, 6.45) is 6.23. The zero-order valence-corrected chi connectivity index (χ0v) is 15.4. The lowest BCUT2D eigenvalue weighted by atomic mass is 9.94. The smallest absolute Gasteiger partial charge is 0.270 e. The number of piperazine rings is 1. The molecule has 0 amide bonds. The van der Waals surface area contributed by atoms with Gasteiger partial charge in [0.2, 0.25) is 10.0 Å². The Bertz CT molecular complexity index is 736. The molecule has 2 fully saturated rings. The lowest BCUT2D eigenvalue weighted by molar-refractivity contribution is -0.385. The Labute approximate surface area is 148 Å². The topological polar surface area (TPSA) is 83.8 Å². The average molecular weight is 367 g/mol. The van der Waals surface area contributed by atoms with E-state index in [0.29, 0.717) is 24.7 Å². The van der Waals surface area contributed by atoms with Crippen LogP contribution in [0.4, 0.5) is 5.69 Å². The third-order valence-electron chi connectivity index (χ3n) is 5.36. The van der Waals surface area contributed by atoms with Crippen molar-refractivity contribution in [3.05, 3.63) is 33.9 Å². The van der Waals surface area contributed by atoms with Crippen molar-refractivity contribution in [1.29, 1.82) is 0 Å². The molecule has 0 radical (unpaired) electrons. The fourth-order valence-corrected chi connectivity index (χ4v) is 5.54. The SMILES string of the molecule is Cc1ccc([N+](=O)[O-])cc1S(=O)(=O)N1CCN(C2CCCCC2)CC1. The first-order chi connectivity index (χ1) is 11.9. The average Bonchev–Trinajstić information content (AvgIpc) is 2.62. The number of non-ortho nitro benzene ring substituents is 1. The van der Waals surface area contributed by atoms with E-state index >= 15 is 0 Å². The van der Waals surface area contributed by atoms with Crippen LogP contribution in [-0.2, 0) is 10.0 Å². The van der Waals surface area contributed by atoms with Crippen molar-refractivity contribution in [2.75, 3.05) is 26.2 Å². The molecule has 0 bridgehead atoms. The van der Waals surface area contributed by atoms with Gasteiger partial charge in [-0.05, 0) is 25.3 Å². The minimum absolute atomic E-state index is 0.0489. The van der Waals surface area contributed by atoms with Crippen molar-refractivity contribution in [3.8, 4) is 0 Å². The van der Waals surface area contributed by atoms with E-state index in [1.165, 1.54) is 54.6 Å². The first-order valence-corrected chi connectivity index (χ1v) is 10.3. The third-order valence-corrected chi connectivity index (χ3v) is 7.41. The van der Waals surface area contributed by atoms with Gasteiger partial charge >= 0.3 is 0 Å². The molecule has 7 nitrogen and oxygen atoms in total. The normalized spacial score (nSPS) is 21.3. The van der Waals surface area contributed by atoms with E-state index in [2.05, 4.69) is 4.90 Å². The van der Waals surface area contributed by atoms with E-state index in [0.717, 1.165) is 13.1 Å². The number of nitro groups is 1. The van der Waals surface area contributed by atoms with Crippen LogP contribution in [0.5, 0.6) is 0 Å². The first-order valence-electron chi connectivity index (χ1n) is 8.89. The highest BCUT2D eigenvalue weighted by Gasteiger charge is 2.33.